The van der Waals surface area contributed by atoms with Crippen molar-refractivity contribution in [2.24, 2.45) is 5.92 Å². The molecular formula is C17H24N2O. The molecule has 1 aliphatic carbocycles. The Morgan fingerprint density at radius 3 is 2.80 bits per heavy atom. The molecule has 1 aliphatic heterocycles. The largest absolute Gasteiger partial charge is 0.346 e. The Morgan fingerprint density at radius 2 is 2.15 bits per heavy atom. The monoisotopic (exact) mass is 272 g/mol. The van der Waals surface area contributed by atoms with Crippen LogP contribution in [0.15, 0.2) is 24.3 Å². The van der Waals surface area contributed by atoms with Crippen molar-refractivity contribution in [2.45, 2.75) is 44.6 Å². The molecule has 1 aromatic carbocycles. The molecule has 20 heavy (non-hydrogen) atoms. The molecule has 1 aromatic rings. The number of benzene rings is 1. The third-order valence-corrected chi connectivity index (χ3v) is 4.82. The van der Waals surface area contributed by atoms with E-state index in [4.69, 9.17) is 0 Å². The summed E-state index contributed by atoms with van der Waals surface area (Å²) in [7, 11) is 0. The van der Waals surface area contributed by atoms with Crippen molar-refractivity contribution in [2.75, 3.05) is 13.1 Å². The van der Waals surface area contributed by atoms with Gasteiger partial charge >= 0.3 is 0 Å². The predicted octanol–water partition coefficient (Wildman–Crippen LogP) is 2.49. The molecule has 1 saturated heterocycles. The lowest BCUT2D eigenvalue weighted by Gasteiger charge is -2.32. The number of rotatable bonds is 3. The van der Waals surface area contributed by atoms with Crippen LogP contribution in [0.1, 0.15) is 43.2 Å². The lowest BCUT2D eigenvalue weighted by Crippen LogP contribution is -2.46. The number of carbonyl (C=O) groups is 1. The van der Waals surface area contributed by atoms with Crippen LogP contribution < -0.4 is 10.6 Å². The van der Waals surface area contributed by atoms with Crippen LogP contribution in [0.25, 0.3) is 0 Å². The molecule has 2 fully saturated rings. The van der Waals surface area contributed by atoms with Crippen molar-refractivity contribution in [3.63, 3.8) is 0 Å². The smallest absolute Gasteiger partial charge is 0.225 e. The summed E-state index contributed by atoms with van der Waals surface area (Å²) in [6.45, 7) is 3.92. The summed E-state index contributed by atoms with van der Waals surface area (Å²) in [5.41, 5.74) is 2.44. The molecule has 0 bridgehead atoms. The van der Waals surface area contributed by atoms with E-state index in [-0.39, 0.29) is 17.4 Å². The van der Waals surface area contributed by atoms with Crippen molar-refractivity contribution in [3.05, 3.63) is 35.4 Å². The van der Waals surface area contributed by atoms with Gasteiger partial charge in [0.2, 0.25) is 5.91 Å². The van der Waals surface area contributed by atoms with Gasteiger partial charge in [0, 0.05) is 6.54 Å². The summed E-state index contributed by atoms with van der Waals surface area (Å²) in [4.78, 5) is 12.5. The van der Waals surface area contributed by atoms with Crippen LogP contribution >= 0.6 is 0 Å². The van der Waals surface area contributed by atoms with Gasteiger partial charge in [0.05, 0.1) is 11.5 Å². The molecule has 0 radical (unpaired) electrons. The highest BCUT2D eigenvalue weighted by Gasteiger charge is 2.38. The van der Waals surface area contributed by atoms with Crippen LogP contribution in [0, 0.1) is 12.8 Å². The van der Waals surface area contributed by atoms with E-state index in [1.165, 1.54) is 24.0 Å². The van der Waals surface area contributed by atoms with Gasteiger partial charge in [0.25, 0.3) is 0 Å². The summed E-state index contributed by atoms with van der Waals surface area (Å²) >= 11 is 0. The van der Waals surface area contributed by atoms with Gasteiger partial charge in [0.15, 0.2) is 0 Å². The predicted molar refractivity (Wildman–Crippen MR) is 80.4 cm³/mol. The molecule has 3 rings (SSSR count). The second kappa shape index (κ2) is 5.57. The molecule has 0 aromatic heterocycles. The van der Waals surface area contributed by atoms with E-state index in [2.05, 4.69) is 41.8 Å². The molecule has 2 aliphatic rings. The number of nitrogens with one attached hydrogen (secondary N) is 2. The van der Waals surface area contributed by atoms with E-state index >= 15 is 0 Å². The third-order valence-electron chi connectivity index (χ3n) is 4.82. The van der Waals surface area contributed by atoms with E-state index in [1.54, 1.807) is 0 Å². The first-order chi connectivity index (χ1) is 9.70. The lowest BCUT2D eigenvalue weighted by atomic mass is 9.86. The zero-order valence-electron chi connectivity index (χ0n) is 12.2. The fourth-order valence-corrected chi connectivity index (χ4v) is 3.62. The fourth-order valence-electron chi connectivity index (χ4n) is 3.62. The molecule has 1 saturated carbocycles. The second-order valence-electron chi connectivity index (χ2n) is 6.34. The topological polar surface area (TPSA) is 41.1 Å². The molecule has 1 atom stereocenters. The SMILES string of the molecule is Cc1cccc(C2(NC(=O)C3CCNC3)CCCC2)c1. The van der Waals surface area contributed by atoms with Crippen LogP contribution in [0.4, 0.5) is 0 Å². The third kappa shape index (κ3) is 2.59. The highest BCUT2D eigenvalue weighted by atomic mass is 16.2. The molecule has 0 spiro atoms. The van der Waals surface area contributed by atoms with Gasteiger partial charge < -0.3 is 10.6 Å². The van der Waals surface area contributed by atoms with Gasteiger partial charge in [0.1, 0.15) is 0 Å². The number of aryl methyl sites for hydroxylation is 1. The number of hydrogen-bond acceptors (Lipinski definition) is 2. The summed E-state index contributed by atoms with van der Waals surface area (Å²) in [5.74, 6) is 0.385. The van der Waals surface area contributed by atoms with E-state index in [9.17, 15) is 4.79 Å². The first-order valence-electron chi connectivity index (χ1n) is 7.79. The van der Waals surface area contributed by atoms with E-state index in [1.807, 2.05) is 0 Å². The Hall–Kier alpha value is -1.35. The molecular weight excluding hydrogens is 248 g/mol. The summed E-state index contributed by atoms with van der Waals surface area (Å²) in [6, 6.07) is 8.63. The Balaban J connectivity index is 1.82. The maximum absolute atomic E-state index is 12.5. The van der Waals surface area contributed by atoms with Crippen molar-refractivity contribution < 1.29 is 4.79 Å². The van der Waals surface area contributed by atoms with Crippen molar-refractivity contribution >= 4 is 5.91 Å². The highest BCUT2D eigenvalue weighted by molar-refractivity contribution is 5.80. The zero-order chi connectivity index (χ0) is 14.0. The molecule has 3 nitrogen and oxygen atoms in total. The Kier molecular flexibility index (Phi) is 3.79. The first kappa shape index (κ1) is 13.6. The molecule has 3 heteroatoms. The normalized spacial score (nSPS) is 24.8. The van der Waals surface area contributed by atoms with Crippen LogP contribution in [-0.2, 0) is 10.3 Å². The lowest BCUT2D eigenvalue weighted by molar-refractivity contribution is -0.126. The number of amides is 1. The molecule has 1 heterocycles. The van der Waals surface area contributed by atoms with E-state index < -0.39 is 0 Å². The summed E-state index contributed by atoms with van der Waals surface area (Å²) < 4.78 is 0. The van der Waals surface area contributed by atoms with Gasteiger partial charge in [-0.25, -0.2) is 0 Å². The molecule has 2 N–H and O–H groups in total. The van der Waals surface area contributed by atoms with Crippen LogP contribution in [-0.4, -0.2) is 19.0 Å². The number of carbonyl (C=O) groups excluding carboxylic acids is 1. The first-order valence-corrected chi connectivity index (χ1v) is 7.79. The Labute approximate surface area is 121 Å². The van der Waals surface area contributed by atoms with Gasteiger partial charge in [-0.05, 0) is 38.3 Å². The quantitative estimate of drug-likeness (QED) is 0.887. The average molecular weight is 272 g/mol. The second-order valence-corrected chi connectivity index (χ2v) is 6.34. The number of hydrogen-bond donors (Lipinski definition) is 2. The molecule has 108 valence electrons. The van der Waals surface area contributed by atoms with Gasteiger partial charge in [-0.15, -0.1) is 0 Å². The maximum atomic E-state index is 12.5. The van der Waals surface area contributed by atoms with E-state index in [0.717, 1.165) is 32.4 Å². The van der Waals surface area contributed by atoms with E-state index in [0.29, 0.717) is 0 Å². The summed E-state index contributed by atoms with van der Waals surface area (Å²) in [5, 5.41) is 6.68. The minimum absolute atomic E-state index is 0.119. The highest BCUT2D eigenvalue weighted by Crippen LogP contribution is 2.39. The van der Waals surface area contributed by atoms with Gasteiger partial charge in [-0.2, -0.15) is 0 Å². The zero-order valence-corrected chi connectivity index (χ0v) is 12.2. The minimum atomic E-state index is -0.119. The van der Waals surface area contributed by atoms with Crippen LogP contribution in [0.2, 0.25) is 0 Å². The average Bonchev–Trinajstić information content (AvgIpc) is 3.10. The maximum Gasteiger partial charge on any atom is 0.225 e. The van der Waals surface area contributed by atoms with Crippen molar-refractivity contribution in [1.29, 1.82) is 0 Å². The molecule has 1 unspecified atom stereocenters. The Morgan fingerprint density at radius 1 is 1.35 bits per heavy atom. The fraction of sp³-hybridized carbons (Fsp3) is 0.588. The van der Waals surface area contributed by atoms with Crippen LogP contribution in [0.5, 0.6) is 0 Å². The van der Waals surface area contributed by atoms with Crippen LogP contribution in [0.3, 0.4) is 0 Å². The van der Waals surface area contributed by atoms with Gasteiger partial charge in [-0.3, -0.25) is 4.79 Å². The summed E-state index contributed by atoms with van der Waals surface area (Å²) in [6.07, 6.45) is 5.52. The van der Waals surface area contributed by atoms with Gasteiger partial charge in [-0.1, -0.05) is 42.7 Å². The van der Waals surface area contributed by atoms with Crippen molar-refractivity contribution in [1.82, 2.24) is 10.6 Å². The molecule has 1 amide bonds. The van der Waals surface area contributed by atoms with Crippen molar-refractivity contribution in [3.8, 4) is 0 Å². The standard InChI is InChI=1S/C17H24N2O/c1-13-5-4-6-15(11-13)17(8-2-3-9-17)19-16(20)14-7-10-18-12-14/h4-6,11,14,18H,2-3,7-10,12H2,1H3,(H,19,20). The Bertz CT molecular complexity index is 486. The minimum Gasteiger partial charge on any atom is -0.346 e.